The molecule has 108 valence electrons. The van der Waals surface area contributed by atoms with Crippen LogP contribution in [0.1, 0.15) is 49.4 Å². The fraction of sp³-hybridized carbons (Fsp3) is 0.250. The predicted octanol–water partition coefficient (Wildman–Crippen LogP) is 3.25. The molecule has 5 heteroatoms. The summed E-state index contributed by atoms with van der Waals surface area (Å²) in [4.78, 5) is 23.8. The summed E-state index contributed by atoms with van der Waals surface area (Å²) in [7, 11) is 0. The van der Waals surface area contributed by atoms with Crippen LogP contribution in [-0.2, 0) is 6.42 Å². The van der Waals surface area contributed by atoms with Crippen molar-refractivity contribution in [2.24, 2.45) is 0 Å². The maximum atomic E-state index is 12.3. The molecule has 1 atom stereocenters. The molecule has 0 radical (unpaired) electrons. The predicted molar refractivity (Wildman–Crippen MR) is 80.9 cm³/mol. The second kappa shape index (κ2) is 5.69. The molecule has 0 aliphatic heterocycles. The molecular weight excluding hydrogens is 286 g/mol. The van der Waals surface area contributed by atoms with Crippen LogP contribution in [0, 0.1) is 0 Å². The molecule has 0 bridgehead atoms. The number of hydrogen-bond donors (Lipinski definition) is 2. The zero-order chi connectivity index (χ0) is 14.8. The van der Waals surface area contributed by atoms with E-state index in [9.17, 15) is 9.59 Å². The van der Waals surface area contributed by atoms with Crippen molar-refractivity contribution in [2.45, 2.75) is 25.3 Å². The Hall–Kier alpha value is -2.14. The first-order valence-corrected chi connectivity index (χ1v) is 7.68. The number of rotatable bonds is 3. The van der Waals surface area contributed by atoms with Crippen LogP contribution in [-0.4, -0.2) is 17.0 Å². The van der Waals surface area contributed by atoms with E-state index in [1.54, 1.807) is 6.07 Å². The van der Waals surface area contributed by atoms with Gasteiger partial charge in [0, 0.05) is 0 Å². The van der Waals surface area contributed by atoms with Gasteiger partial charge in [0.15, 0.2) is 0 Å². The number of carbonyl (C=O) groups excluding carboxylic acids is 1. The van der Waals surface area contributed by atoms with Gasteiger partial charge in [-0.25, -0.2) is 4.79 Å². The Balaban J connectivity index is 1.77. The van der Waals surface area contributed by atoms with Crippen molar-refractivity contribution in [1.29, 1.82) is 0 Å². The maximum Gasteiger partial charge on any atom is 0.345 e. The fourth-order valence-corrected chi connectivity index (χ4v) is 3.46. The number of benzene rings is 1. The van der Waals surface area contributed by atoms with Crippen LogP contribution in [0.25, 0.3) is 0 Å². The average Bonchev–Trinajstić information content (AvgIpc) is 2.98. The Bertz CT molecular complexity index is 692. The lowest BCUT2D eigenvalue weighted by Gasteiger charge is -2.26. The van der Waals surface area contributed by atoms with Crippen LogP contribution in [0.2, 0.25) is 0 Å². The van der Waals surface area contributed by atoms with Crippen molar-refractivity contribution in [3.63, 3.8) is 0 Å². The van der Waals surface area contributed by atoms with E-state index >= 15 is 0 Å². The van der Waals surface area contributed by atoms with Crippen molar-refractivity contribution in [2.75, 3.05) is 0 Å². The Kier molecular flexibility index (Phi) is 3.75. The SMILES string of the molecule is O=C(O)c1ccc(C(=O)NC2CCCc3ccccc32)s1. The van der Waals surface area contributed by atoms with Crippen molar-refractivity contribution in [1.82, 2.24) is 5.32 Å². The van der Waals surface area contributed by atoms with Gasteiger partial charge in [0.1, 0.15) is 4.88 Å². The minimum absolute atomic E-state index is 0.0119. The molecule has 0 fully saturated rings. The second-order valence-corrected chi connectivity index (χ2v) is 6.17. The smallest absolute Gasteiger partial charge is 0.345 e. The summed E-state index contributed by atoms with van der Waals surface area (Å²) in [5.41, 5.74) is 2.46. The fourth-order valence-electron chi connectivity index (χ4n) is 2.71. The quantitative estimate of drug-likeness (QED) is 0.914. The lowest BCUT2D eigenvalue weighted by molar-refractivity contribution is 0.0702. The Morgan fingerprint density at radius 1 is 1.14 bits per heavy atom. The molecule has 1 aromatic carbocycles. The standard InChI is InChI=1S/C16H15NO3S/c18-15(13-8-9-14(21-13)16(19)20)17-12-7-3-5-10-4-1-2-6-11(10)12/h1-2,4,6,8-9,12H,3,5,7H2,(H,17,18)(H,19,20). The lowest BCUT2D eigenvalue weighted by Crippen LogP contribution is -2.30. The molecule has 0 spiro atoms. The number of hydrogen-bond acceptors (Lipinski definition) is 3. The molecular formula is C16H15NO3S. The molecule has 21 heavy (non-hydrogen) atoms. The van der Waals surface area contributed by atoms with E-state index in [4.69, 9.17) is 5.11 Å². The highest BCUT2D eigenvalue weighted by atomic mass is 32.1. The van der Waals surface area contributed by atoms with Crippen LogP contribution in [0.4, 0.5) is 0 Å². The number of amides is 1. The van der Waals surface area contributed by atoms with E-state index in [2.05, 4.69) is 17.4 Å². The van der Waals surface area contributed by atoms with Crippen molar-refractivity contribution in [3.05, 3.63) is 57.3 Å². The highest BCUT2D eigenvalue weighted by Gasteiger charge is 2.22. The summed E-state index contributed by atoms with van der Waals surface area (Å²) in [6.45, 7) is 0. The van der Waals surface area contributed by atoms with Crippen LogP contribution < -0.4 is 5.32 Å². The first-order chi connectivity index (χ1) is 10.1. The van der Waals surface area contributed by atoms with Gasteiger partial charge in [0.2, 0.25) is 0 Å². The van der Waals surface area contributed by atoms with Gasteiger partial charge in [-0.2, -0.15) is 0 Å². The van der Waals surface area contributed by atoms with Gasteiger partial charge in [-0.1, -0.05) is 24.3 Å². The third-order valence-electron chi connectivity index (χ3n) is 3.72. The van der Waals surface area contributed by atoms with E-state index in [0.717, 1.165) is 30.6 Å². The van der Waals surface area contributed by atoms with Crippen molar-refractivity contribution < 1.29 is 14.7 Å². The minimum atomic E-state index is -0.998. The number of aryl methyl sites for hydroxylation is 1. The minimum Gasteiger partial charge on any atom is -0.477 e. The largest absolute Gasteiger partial charge is 0.477 e. The van der Waals surface area contributed by atoms with Crippen LogP contribution in [0.15, 0.2) is 36.4 Å². The van der Waals surface area contributed by atoms with Gasteiger partial charge in [-0.15, -0.1) is 11.3 Å². The molecule has 1 amide bonds. The van der Waals surface area contributed by atoms with Crippen LogP contribution >= 0.6 is 11.3 Å². The molecule has 0 saturated carbocycles. The maximum absolute atomic E-state index is 12.3. The average molecular weight is 301 g/mol. The Morgan fingerprint density at radius 2 is 1.90 bits per heavy atom. The summed E-state index contributed by atoms with van der Waals surface area (Å²) in [6.07, 6.45) is 3.01. The summed E-state index contributed by atoms with van der Waals surface area (Å²) < 4.78 is 0. The van der Waals surface area contributed by atoms with Crippen LogP contribution in [0.3, 0.4) is 0 Å². The normalized spacial score (nSPS) is 17.0. The number of nitrogens with one attached hydrogen (secondary N) is 1. The molecule has 2 N–H and O–H groups in total. The highest BCUT2D eigenvalue weighted by molar-refractivity contribution is 7.15. The molecule has 1 unspecified atom stereocenters. The van der Waals surface area contributed by atoms with Gasteiger partial charge < -0.3 is 10.4 Å². The Labute approximate surface area is 126 Å². The van der Waals surface area contributed by atoms with E-state index in [1.807, 2.05) is 12.1 Å². The summed E-state index contributed by atoms with van der Waals surface area (Å²) in [5, 5.41) is 11.9. The van der Waals surface area contributed by atoms with Gasteiger partial charge in [0.05, 0.1) is 10.9 Å². The molecule has 0 saturated heterocycles. The number of carboxylic acids is 1. The van der Waals surface area contributed by atoms with E-state index in [0.29, 0.717) is 4.88 Å². The molecule has 4 nitrogen and oxygen atoms in total. The van der Waals surface area contributed by atoms with E-state index in [1.165, 1.54) is 17.2 Å². The molecule has 1 aromatic heterocycles. The van der Waals surface area contributed by atoms with Crippen LogP contribution in [0.5, 0.6) is 0 Å². The lowest BCUT2D eigenvalue weighted by atomic mass is 9.88. The van der Waals surface area contributed by atoms with Crippen molar-refractivity contribution in [3.8, 4) is 0 Å². The number of carbonyl (C=O) groups is 2. The van der Waals surface area contributed by atoms with Gasteiger partial charge in [-0.3, -0.25) is 4.79 Å². The summed E-state index contributed by atoms with van der Waals surface area (Å²) >= 11 is 1.01. The first-order valence-electron chi connectivity index (χ1n) is 6.87. The van der Waals surface area contributed by atoms with Gasteiger partial charge in [0.25, 0.3) is 5.91 Å². The molecule has 1 aliphatic rings. The highest BCUT2D eigenvalue weighted by Crippen LogP contribution is 2.30. The molecule has 1 heterocycles. The zero-order valence-electron chi connectivity index (χ0n) is 11.3. The van der Waals surface area contributed by atoms with Crippen molar-refractivity contribution >= 4 is 23.2 Å². The number of thiophene rings is 1. The van der Waals surface area contributed by atoms with E-state index < -0.39 is 5.97 Å². The second-order valence-electron chi connectivity index (χ2n) is 5.09. The Morgan fingerprint density at radius 3 is 2.67 bits per heavy atom. The zero-order valence-corrected chi connectivity index (χ0v) is 12.2. The third kappa shape index (κ3) is 2.83. The number of fused-ring (bicyclic) bond motifs is 1. The topological polar surface area (TPSA) is 66.4 Å². The first kappa shape index (κ1) is 13.8. The number of aromatic carboxylic acids is 1. The van der Waals surface area contributed by atoms with Gasteiger partial charge in [-0.05, 0) is 42.5 Å². The molecule has 1 aliphatic carbocycles. The summed E-state index contributed by atoms with van der Waals surface area (Å²) in [6, 6.07) is 11.2. The summed E-state index contributed by atoms with van der Waals surface area (Å²) in [5.74, 6) is -1.20. The monoisotopic (exact) mass is 301 g/mol. The number of carboxylic acid groups (broad SMARTS) is 1. The molecule has 2 aromatic rings. The van der Waals surface area contributed by atoms with E-state index in [-0.39, 0.29) is 16.8 Å². The third-order valence-corrected chi connectivity index (χ3v) is 4.79. The van der Waals surface area contributed by atoms with Gasteiger partial charge >= 0.3 is 5.97 Å². The molecule has 3 rings (SSSR count).